The predicted octanol–water partition coefficient (Wildman–Crippen LogP) is 3.36. The van der Waals surface area contributed by atoms with Crippen molar-refractivity contribution >= 4 is 23.1 Å². The lowest BCUT2D eigenvalue weighted by Crippen LogP contribution is -2.39. The van der Waals surface area contributed by atoms with E-state index in [-0.39, 0.29) is 12.1 Å². The Kier molecular flexibility index (Phi) is 5.03. The molecular formula is C16H19N3O2S. The van der Waals surface area contributed by atoms with E-state index in [4.69, 9.17) is 4.74 Å². The summed E-state index contributed by atoms with van der Waals surface area (Å²) in [6.07, 6.45) is 5.56. The molecule has 3 rings (SSSR count). The predicted molar refractivity (Wildman–Crippen MR) is 87.0 cm³/mol. The van der Waals surface area contributed by atoms with Crippen molar-refractivity contribution in [3.8, 4) is 0 Å². The van der Waals surface area contributed by atoms with E-state index in [0.29, 0.717) is 18.8 Å². The van der Waals surface area contributed by atoms with Gasteiger partial charge in [0.2, 0.25) is 0 Å². The number of aromatic nitrogens is 1. The van der Waals surface area contributed by atoms with Crippen LogP contribution in [0.3, 0.4) is 0 Å². The molecule has 5 nitrogen and oxygen atoms in total. The van der Waals surface area contributed by atoms with E-state index >= 15 is 0 Å². The number of pyridine rings is 1. The summed E-state index contributed by atoms with van der Waals surface area (Å²) >= 11 is 1.66. The lowest BCUT2D eigenvalue weighted by Gasteiger charge is -2.25. The Hall–Kier alpha value is -1.92. The molecule has 0 spiro atoms. The standard InChI is InChI=1S/C16H19N3O2S/c20-16(18-13-4-1-7-17-10-13)19(11-14-5-2-8-21-14)12-15-6-3-9-22-15/h1,3-4,6-7,9-10,14H,2,5,8,11-12H2,(H,18,20)/t14-/m1/s1. The van der Waals surface area contributed by atoms with Gasteiger partial charge in [0.1, 0.15) is 0 Å². The van der Waals surface area contributed by atoms with Crippen LogP contribution in [0.1, 0.15) is 17.7 Å². The molecule has 0 bridgehead atoms. The van der Waals surface area contributed by atoms with Gasteiger partial charge >= 0.3 is 6.03 Å². The molecule has 0 saturated carbocycles. The van der Waals surface area contributed by atoms with Crippen LogP contribution in [0.25, 0.3) is 0 Å². The van der Waals surface area contributed by atoms with Crippen molar-refractivity contribution in [2.24, 2.45) is 0 Å². The van der Waals surface area contributed by atoms with Gasteiger partial charge in [-0.15, -0.1) is 11.3 Å². The van der Waals surface area contributed by atoms with Crippen LogP contribution in [0.2, 0.25) is 0 Å². The van der Waals surface area contributed by atoms with Gasteiger partial charge in [0.25, 0.3) is 0 Å². The number of anilines is 1. The maximum atomic E-state index is 12.6. The first-order chi connectivity index (χ1) is 10.8. The van der Waals surface area contributed by atoms with Crippen LogP contribution in [0.5, 0.6) is 0 Å². The van der Waals surface area contributed by atoms with Crippen LogP contribution in [0.4, 0.5) is 10.5 Å². The van der Waals surface area contributed by atoms with Crippen LogP contribution < -0.4 is 5.32 Å². The van der Waals surface area contributed by atoms with Gasteiger partial charge in [-0.05, 0) is 36.4 Å². The van der Waals surface area contributed by atoms with Crippen LogP contribution in [0.15, 0.2) is 42.0 Å². The Morgan fingerprint density at radius 3 is 3.09 bits per heavy atom. The number of thiophene rings is 1. The molecule has 6 heteroatoms. The van der Waals surface area contributed by atoms with Crippen LogP contribution in [-0.4, -0.2) is 35.2 Å². The lowest BCUT2D eigenvalue weighted by molar-refractivity contribution is 0.0821. The van der Waals surface area contributed by atoms with Crippen molar-refractivity contribution in [1.29, 1.82) is 0 Å². The maximum Gasteiger partial charge on any atom is 0.322 e. The summed E-state index contributed by atoms with van der Waals surface area (Å²) in [4.78, 5) is 19.6. The molecule has 0 unspecified atom stereocenters. The monoisotopic (exact) mass is 317 g/mol. The van der Waals surface area contributed by atoms with E-state index in [1.165, 1.54) is 4.88 Å². The SMILES string of the molecule is O=C(Nc1cccnc1)N(Cc1cccs1)C[C@H]1CCCO1. The second kappa shape index (κ2) is 7.38. The Bertz CT molecular complexity index is 583. The molecule has 3 heterocycles. The highest BCUT2D eigenvalue weighted by Gasteiger charge is 2.23. The largest absolute Gasteiger partial charge is 0.376 e. The summed E-state index contributed by atoms with van der Waals surface area (Å²) in [5, 5.41) is 4.93. The van der Waals surface area contributed by atoms with Crippen molar-refractivity contribution < 1.29 is 9.53 Å². The van der Waals surface area contributed by atoms with Gasteiger partial charge in [-0.2, -0.15) is 0 Å². The highest BCUT2D eigenvalue weighted by Crippen LogP contribution is 2.18. The van der Waals surface area contributed by atoms with E-state index in [0.717, 1.165) is 19.4 Å². The molecule has 22 heavy (non-hydrogen) atoms. The number of amides is 2. The highest BCUT2D eigenvalue weighted by atomic mass is 32.1. The lowest BCUT2D eigenvalue weighted by atomic mass is 10.2. The van der Waals surface area contributed by atoms with E-state index < -0.39 is 0 Å². The van der Waals surface area contributed by atoms with Crippen molar-refractivity contribution in [3.05, 3.63) is 46.9 Å². The molecule has 1 fully saturated rings. The number of rotatable bonds is 5. The molecule has 0 aromatic carbocycles. The van der Waals surface area contributed by atoms with Crippen LogP contribution in [0, 0.1) is 0 Å². The molecular weight excluding hydrogens is 298 g/mol. The number of hydrogen-bond acceptors (Lipinski definition) is 4. The van der Waals surface area contributed by atoms with Crippen LogP contribution in [-0.2, 0) is 11.3 Å². The molecule has 116 valence electrons. The number of carbonyl (C=O) groups excluding carboxylic acids is 1. The van der Waals surface area contributed by atoms with Gasteiger partial charge in [-0.3, -0.25) is 4.98 Å². The van der Waals surface area contributed by atoms with Crippen LogP contribution >= 0.6 is 11.3 Å². The van der Waals surface area contributed by atoms with E-state index in [1.54, 1.807) is 29.8 Å². The van der Waals surface area contributed by atoms with Gasteiger partial charge in [-0.1, -0.05) is 6.07 Å². The zero-order chi connectivity index (χ0) is 15.2. The number of carbonyl (C=O) groups is 1. The molecule has 1 aliphatic heterocycles. The third-order valence-electron chi connectivity index (χ3n) is 3.57. The average Bonchev–Trinajstić information content (AvgIpc) is 3.21. The number of ether oxygens (including phenoxy) is 1. The second-order valence-electron chi connectivity index (χ2n) is 5.27. The molecule has 1 N–H and O–H groups in total. The minimum atomic E-state index is -0.114. The maximum absolute atomic E-state index is 12.6. The summed E-state index contributed by atoms with van der Waals surface area (Å²) in [5.41, 5.74) is 0.705. The molecule has 1 saturated heterocycles. The first kappa shape index (κ1) is 15.0. The summed E-state index contributed by atoms with van der Waals surface area (Å²) in [6, 6.07) is 7.57. The van der Waals surface area contributed by atoms with Gasteiger partial charge in [0, 0.05) is 24.2 Å². The quantitative estimate of drug-likeness (QED) is 0.920. The summed E-state index contributed by atoms with van der Waals surface area (Å²) in [7, 11) is 0. The fourth-order valence-corrected chi connectivity index (χ4v) is 3.20. The van der Waals surface area contributed by atoms with Gasteiger partial charge < -0.3 is 15.0 Å². The average molecular weight is 317 g/mol. The highest BCUT2D eigenvalue weighted by molar-refractivity contribution is 7.09. The number of hydrogen-bond donors (Lipinski definition) is 1. The normalized spacial score (nSPS) is 17.4. The molecule has 0 radical (unpaired) electrons. The number of nitrogens with one attached hydrogen (secondary N) is 1. The smallest absolute Gasteiger partial charge is 0.322 e. The van der Waals surface area contributed by atoms with Crippen molar-refractivity contribution in [2.75, 3.05) is 18.5 Å². The summed E-state index contributed by atoms with van der Waals surface area (Å²) in [5.74, 6) is 0. The second-order valence-corrected chi connectivity index (χ2v) is 6.30. The van der Waals surface area contributed by atoms with Crippen molar-refractivity contribution in [3.63, 3.8) is 0 Å². The van der Waals surface area contributed by atoms with Crippen molar-refractivity contribution in [1.82, 2.24) is 9.88 Å². The molecule has 2 aromatic heterocycles. The van der Waals surface area contributed by atoms with E-state index in [1.807, 2.05) is 28.5 Å². The number of urea groups is 1. The molecule has 2 aromatic rings. The minimum Gasteiger partial charge on any atom is -0.376 e. The fourth-order valence-electron chi connectivity index (χ4n) is 2.48. The van der Waals surface area contributed by atoms with E-state index in [2.05, 4.69) is 10.3 Å². The Morgan fingerprint density at radius 2 is 2.41 bits per heavy atom. The van der Waals surface area contributed by atoms with Crippen molar-refractivity contribution in [2.45, 2.75) is 25.5 Å². The summed E-state index contributed by atoms with van der Waals surface area (Å²) < 4.78 is 5.67. The first-order valence-electron chi connectivity index (χ1n) is 7.41. The van der Waals surface area contributed by atoms with E-state index in [9.17, 15) is 4.79 Å². The van der Waals surface area contributed by atoms with Gasteiger partial charge in [-0.25, -0.2) is 4.79 Å². The molecule has 1 aliphatic rings. The molecule has 0 aliphatic carbocycles. The first-order valence-corrected chi connectivity index (χ1v) is 8.29. The summed E-state index contributed by atoms with van der Waals surface area (Å²) in [6.45, 7) is 2.01. The Balaban J connectivity index is 1.67. The zero-order valence-corrected chi connectivity index (χ0v) is 13.1. The third kappa shape index (κ3) is 4.05. The molecule has 1 atom stereocenters. The fraction of sp³-hybridized carbons (Fsp3) is 0.375. The topological polar surface area (TPSA) is 54.5 Å². The zero-order valence-electron chi connectivity index (χ0n) is 12.3. The third-order valence-corrected chi connectivity index (χ3v) is 4.44. The Labute approximate surface area is 133 Å². The Morgan fingerprint density at radius 1 is 1.45 bits per heavy atom. The van der Waals surface area contributed by atoms with Gasteiger partial charge in [0.05, 0.1) is 24.5 Å². The number of nitrogens with zero attached hydrogens (tertiary/aromatic N) is 2. The van der Waals surface area contributed by atoms with Gasteiger partial charge in [0.15, 0.2) is 0 Å². The molecule has 2 amide bonds. The minimum absolute atomic E-state index is 0.114.